The summed E-state index contributed by atoms with van der Waals surface area (Å²) >= 11 is 0. The molecule has 3 aromatic heterocycles. The van der Waals surface area contributed by atoms with Crippen LogP contribution in [0.2, 0.25) is 0 Å². The Hall–Kier alpha value is -2.31. The standard InChI is InChI=1S/C19H28N4O3/c1-5-6-7-8-9-10-11-12-22-17(24)15-16(21(4)19(22)25)20-18-23(15)13(2)14(3)26-18/h5-12H2,1-4H3. The highest BCUT2D eigenvalue weighted by molar-refractivity contribution is 5.75. The van der Waals surface area contributed by atoms with Gasteiger partial charge in [0, 0.05) is 13.6 Å². The van der Waals surface area contributed by atoms with Crippen molar-refractivity contribution in [1.29, 1.82) is 0 Å². The van der Waals surface area contributed by atoms with Gasteiger partial charge in [-0.1, -0.05) is 45.4 Å². The Labute approximate surface area is 152 Å². The summed E-state index contributed by atoms with van der Waals surface area (Å²) in [7, 11) is 1.65. The van der Waals surface area contributed by atoms with Crippen LogP contribution in [0.25, 0.3) is 17.0 Å². The van der Waals surface area contributed by atoms with Gasteiger partial charge in [-0.3, -0.25) is 18.3 Å². The molecule has 0 aromatic carbocycles. The van der Waals surface area contributed by atoms with Crippen molar-refractivity contribution in [2.45, 2.75) is 72.3 Å². The van der Waals surface area contributed by atoms with Gasteiger partial charge in [0.05, 0.1) is 5.69 Å². The van der Waals surface area contributed by atoms with Crippen LogP contribution in [0.3, 0.4) is 0 Å². The molecule has 0 atom stereocenters. The smallest absolute Gasteiger partial charge is 0.332 e. The lowest BCUT2D eigenvalue weighted by Gasteiger charge is -2.08. The third-order valence-electron chi connectivity index (χ3n) is 5.19. The fraction of sp³-hybridized carbons (Fsp3) is 0.632. The molecule has 0 aliphatic carbocycles. The first-order valence-electron chi connectivity index (χ1n) is 9.55. The molecule has 142 valence electrons. The minimum Gasteiger partial charge on any atom is -0.428 e. The maximum atomic E-state index is 13.0. The first kappa shape index (κ1) is 18.5. The fourth-order valence-corrected chi connectivity index (χ4v) is 3.47. The van der Waals surface area contributed by atoms with Crippen molar-refractivity contribution < 1.29 is 4.42 Å². The second-order valence-electron chi connectivity index (χ2n) is 7.07. The van der Waals surface area contributed by atoms with Gasteiger partial charge in [-0.25, -0.2) is 4.79 Å². The lowest BCUT2D eigenvalue weighted by Crippen LogP contribution is -2.39. The second kappa shape index (κ2) is 7.51. The zero-order valence-electron chi connectivity index (χ0n) is 16.2. The van der Waals surface area contributed by atoms with Gasteiger partial charge in [0.2, 0.25) is 0 Å². The molecule has 0 amide bonds. The van der Waals surface area contributed by atoms with Crippen molar-refractivity contribution in [1.82, 2.24) is 18.5 Å². The molecule has 0 unspecified atom stereocenters. The summed E-state index contributed by atoms with van der Waals surface area (Å²) in [5.74, 6) is 1.08. The lowest BCUT2D eigenvalue weighted by atomic mass is 10.1. The van der Waals surface area contributed by atoms with Gasteiger partial charge in [0.1, 0.15) is 5.76 Å². The number of nitrogens with zero attached hydrogens (tertiary/aromatic N) is 4. The van der Waals surface area contributed by atoms with Crippen LogP contribution >= 0.6 is 0 Å². The molecule has 0 saturated heterocycles. The summed E-state index contributed by atoms with van der Waals surface area (Å²) in [6.07, 6.45) is 8.00. The minimum absolute atomic E-state index is 0.287. The monoisotopic (exact) mass is 360 g/mol. The molecule has 0 spiro atoms. The molecule has 0 bridgehead atoms. The molecule has 7 nitrogen and oxygen atoms in total. The van der Waals surface area contributed by atoms with E-state index in [0.717, 1.165) is 30.7 Å². The average Bonchev–Trinajstić information content (AvgIpc) is 3.12. The predicted octanol–water partition coefficient (Wildman–Crippen LogP) is 3.31. The SMILES string of the molecule is CCCCCCCCCn1c(=O)c2c(nc3oc(C)c(C)n32)n(C)c1=O. The van der Waals surface area contributed by atoms with Gasteiger partial charge in [0.25, 0.3) is 5.56 Å². The lowest BCUT2D eigenvalue weighted by molar-refractivity contribution is 0.522. The molecule has 26 heavy (non-hydrogen) atoms. The number of aryl methyl sites for hydroxylation is 3. The Balaban J connectivity index is 1.90. The molecule has 0 saturated carbocycles. The van der Waals surface area contributed by atoms with Crippen molar-refractivity contribution in [2.75, 3.05) is 0 Å². The first-order valence-corrected chi connectivity index (χ1v) is 9.55. The van der Waals surface area contributed by atoms with E-state index in [2.05, 4.69) is 11.9 Å². The molecule has 3 heterocycles. The van der Waals surface area contributed by atoms with Gasteiger partial charge in [-0.15, -0.1) is 0 Å². The molecule has 0 aliphatic rings. The Morgan fingerprint density at radius 2 is 1.65 bits per heavy atom. The summed E-state index contributed by atoms with van der Waals surface area (Å²) in [5.41, 5.74) is 1.02. The zero-order chi connectivity index (χ0) is 18.8. The molecule has 3 rings (SSSR count). The highest BCUT2D eigenvalue weighted by atomic mass is 16.4. The van der Waals surface area contributed by atoms with E-state index >= 15 is 0 Å². The van der Waals surface area contributed by atoms with E-state index in [0.29, 0.717) is 23.6 Å². The molecule has 0 aliphatic heterocycles. The zero-order valence-corrected chi connectivity index (χ0v) is 16.2. The molecular weight excluding hydrogens is 332 g/mol. The fourth-order valence-electron chi connectivity index (χ4n) is 3.47. The van der Waals surface area contributed by atoms with Crippen LogP contribution in [-0.2, 0) is 13.6 Å². The number of fused-ring (bicyclic) bond motifs is 3. The Kier molecular flexibility index (Phi) is 5.34. The van der Waals surface area contributed by atoms with E-state index in [-0.39, 0.29) is 11.2 Å². The number of aromatic nitrogens is 4. The van der Waals surface area contributed by atoms with Crippen LogP contribution in [0.15, 0.2) is 14.0 Å². The number of hydrogen-bond acceptors (Lipinski definition) is 4. The van der Waals surface area contributed by atoms with Crippen LogP contribution in [-0.4, -0.2) is 18.5 Å². The van der Waals surface area contributed by atoms with Crippen LogP contribution in [0.4, 0.5) is 0 Å². The number of rotatable bonds is 8. The van der Waals surface area contributed by atoms with E-state index in [1.807, 2.05) is 13.8 Å². The van der Waals surface area contributed by atoms with Crippen LogP contribution in [0.5, 0.6) is 0 Å². The third-order valence-corrected chi connectivity index (χ3v) is 5.19. The highest BCUT2D eigenvalue weighted by Crippen LogP contribution is 2.19. The van der Waals surface area contributed by atoms with Crippen molar-refractivity contribution >= 4 is 17.0 Å². The summed E-state index contributed by atoms with van der Waals surface area (Å²) in [5, 5.41) is 0. The Morgan fingerprint density at radius 1 is 1.00 bits per heavy atom. The molecule has 0 radical (unpaired) electrons. The van der Waals surface area contributed by atoms with E-state index in [4.69, 9.17) is 4.42 Å². The summed E-state index contributed by atoms with van der Waals surface area (Å²) in [4.78, 5) is 29.9. The summed E-state index contributed by atoms with van der Waals surface area (Å²) in [6, 6.07) is 0. The van der Waals surface area contributed by atoms with Crippen molar-refractivity contribution in [3.63, 3.8) is 0 Å². The largest absolute Gasteiger partial charge is 0.428 e. The Morgan fingerprint density at radius 3 is 2.35 bits per heavy atom. The van der Waals surface area contributed by atoms with Crippen LogP contribution < -0.4 is 11.2 Å². The van der Waals surface area contributed by atoms with Crippen LogP contribution in [0.1, 0.15) is 63.3 Å². The highest BCUT2D eigenvalue weighted by Gasteiger charge is 2.20. The first-order chi connectivity index (χ1) is 12.5. The van der Waals surface area contributed by atoms with Crippen LogP contribution in [0, 0.1) is 13.8 Å². The topological polar surface area (TPSA) is 74.4 Å². The van der Waals surface area contributed by atoms with Crippen molar-refractivity contribution in [3.8, 4) is 0 Å². The maximum absolute atomic E-state index is 13.0. The molecule has 7 heteroatoms. The van der Waals surface area contributed by atoms with Gasteiger partial charge in [-0.2, -0.15) is 4.98 Å². The van der Waals surface area contributed by atoms with E-state index in [1.165, 1.54) is 34.8 Å². The van der Waals surface area contributed by atoms with E-state index < -0.39 is 0 Å². The van der Waals surface area contributed by atoms with E-state index in [9.17, 15) is 9.59 Å². The van der Waals surface area contributed by atoms with Gasteiger partial charge >= 0.3 is 11.5 Å². The average molecular weight is 360 g/mol. The normalized spacial score (nSPS) is 11.8. The van der Waals surface area contributed by atoms with Crippen molar-refractivity contribution in [2.24, 2.45) is 7.05 Å². The number of imidazole rings is 1. The van der Waals surface area contributed by atoms with Gasteiger partial charge in [-0.05, 0) is 20.3 Å². The molecule has 3 aromatic rings. The number of hydrogen-bond donors (Lipinski definition) is 0. The molecule has 0 N–H and O–H groups in total. The van der Waals surface area contributed by atoms with Gasteiger partial charge < -0.3 is 4.42 Å². The third kappa shape index (κ3) is 3.10. The van der Waals surface area contributed by atoms with Gasteiger partial charge in [0.15, 0.2) is 11.2 Å². The number of oxazole rings is 1. The maximum Gasteiger partial charge on any atom is 0.332 e. The molecule has 0 fully saturated rings. The predicted molar refractivity (Wildman–Crippen MR) is 102 cm³/mol. The second-order valence-corrected chi connectivity index (χ2v) is 7.07. The minimum atomic E-state index is -0.316. The quantitative estimate of drug-likeness (QED) is 0.578. The summed E-state index contributed by atoms with van der Waals surface area (Å²) in [6.45, 7) is 6.38. The summed E-state index contributed by atoms with van der Waals surface area (Å²) < 4.78 is 10.1. The number of unbranched alkanes of at least 4 members (excludes halogenated alkanes) is 6. The Bertz CT molecular complexity index is 1040. The van der Waals surface area contributed by atoms with E-state index in [1.54, 1.807) is 11.4 Å². The van der Waals surface area contributed by atoms with Crippen molar-refractivity contribution in [3.05, 3.63) is 32.3 Å². The molecular formula is C19H28N4O3.